The first-order chi connectivity index (χ1) is 22.7. The van der Waals surface area contributed by atoms with Gasteiger partial charge in [-0.2, -0.15) is 0 Å². The molecular formula is C34H26F4N2O7. The number of aromatic nitrogens is 2. The molecule has 0 atom stereocenters. The zero-order valence-electron chi connectivity index (χ0n) is 24.3. The van der Waals surface area contributed by atoms with E-state index in [1.807, 2.05) is 0 Å². The number of aliphatic hydroxyl groups is 2. The SMILES string of the molecule is O=C(O)c1c[nH]c2cc(F)c(-c3ccc(OCCO)cc3)c(F)c12.O=Cc1c[nH]c2cc(F)c(-c3ccc(OCCO)cc3)c(F)c12. The van der Waals surface area contributed by atoms with E-state index in [1.165, 1.54) is 42.6 Å². The van der Waals surface area contributed by atoms with Crippen LogP contribution < -0.4 is 9.47 Å². The molecule has 242 valence electrons. The molecule has 0 aliphatic heterocycles. The van der Waals surface area contributed by atoms with Crippen LogP contribution in [-0.4, -0.2) is 64.0 Å². The van der Waals surface area contributed by atoms with Crippen molar-refractivity contribution in [3.05, 3.63) is 107 Å². The van der Waals surface area contributed by atoms with Gasteiger partial charge in [0.2, 0.25) is 0 Å². The molecule has 0 fully saturated rings. The fraction of sp³-hybridized carbons (Fsp3) is 0.118. The van der Waals surface area contributed by atoms with E-state index in [-0.39, 0.29) is 76.1 Å². The Kier molecular flexibility index (Phi) is 9.88. The minimum atomic E-state index is -1.30. The smallest absolute Gasteiger partial charge is 0.337 e. The van der Waals surface area contributed by atoms with E-state index in [0.29, 0.717) is 23.3 Å². The van der Waals surface area contributed by atoms with E-state index in [2.05, 4.69) is 9.97 Å². The maximum Gasteiger partial charge on any atom is 0.337 e. The molecule has 2 aromatic heterocycles. The number of rotatable bonds is 10. The van der Waals surface area contributed by atoms with Crippen LogP contribution in [0.25, 0.3) is 44.1 Å². The Morgan fingerprint density at radius 2 is 1.15 bits per heavy atom. The van der Waals surface area contributed by atoms with Gasteiger partial charge in [0.05, 0.1) is 46.3 Å². The standard InChI is InChI=1S/C17H13F2NO4.C17H13F2NO3/c18-12-7-13-15(11(8-20-13)17(22)23)16(19)14(12)9-1-3-10(4-2-9)24-6-5-21;18-13-7-14-16(11(9-22)8-20-14)17(19)15(13)10-1-3-12(4-2-10)23-6-5-21/h1-4,7-8,20-21H,5-6H2,(H,22,23);1-4,7-9,20-21H,5-6H2. The summed E-state index contributed by atoms with van der Waals surface area (Å²) in [5.74, 6) is -3.62. The van der Waals surface area contributed by atoms with Crippen molar-refractivity contribution in [3.63, 3.8) is 0 Å². The Morgan fingerprint density at radius 1 is 0.702 bits per heavy atom. The number of carbonyl (C=O) groups excluding carboxylic acids is 1. The fourth-order valence-electron chi connectivity index (χ4n) is 5.01. The zero-order valence-corrected chi connectivity index (χ0v) is 24.3. The van der Waals surface area contributed by atoms with Crippen LogP contribution in [0.1, 0.15) is 20.7 Å². The molecule has 9 nitrogen and oxygen atoms in total. The number of carbonyl (C=O) groups is 2. The number of aromatic carboxylic acids is 1. The number of aromatic amines is 2. The number of ether oxygens (including phenoxy) is 2. The molecule has 2 heterocycles. The Balaban J connectivity index is 0.000000185. The molecule has 6 aromatic rings. The van der Waals surface area contributed by atoms with E-state index in [1.54, 1.807) is 12.1 Å². The second-order valence-electron chi connectivity index (χ2n) is 10.0. The number of benzene rings is 4. The van der Waals surface area contributed by atoms with Crippen molar-refractivity contribution in [1.82, 2.24) is 9.97 Å². The van der Waals surface area contributed by atoms with Crippen LogP contribution in [0.2, 0.25) is 0 Å². The van der Waals surface area contributed by atoms with Gasteiger partial charge in [-0.3, -0.25) is 4.79 Å². The number of hydrogen-bond acceptors (Lipinski definition) is 6. The van der Waals surface area contributed by atoms with Gasteiger partial charge in [0, 0.05) is 23.3 Å². The third-order valence-corrected chi connectivity index (χ3v) is 7.11. The molecule has 5 N–H and O–H groups in total. The monoisotopic (exact) mass is 650 g/mol. The average Bonchev–Trinajstić information content (AvgIpc) is 3.69. The number of aldehydes is 1. The quantitative estimate of drug-likeness (QED) is 0.0843. The van der Waals surface area contributed by atoms with Crippen LogP contribution in [0.4, 0.5) is 17.6 Å². The van der Waals surface area contributed by atoms with Gasteiger partial charge < -0.3 is 34.8 Å². The van der Waals surface area contributed by atoms with E-state index in [0.717, 1.165) is 18.3 Å². The lowest BCUT2D eigenvalue weighted by molar-refractivity contribution is 0.0698. The second kappa shape index (κ2) is 14.2. The summed E-state index contributed by atoms with van der Waals surface area (Å²) >= 11 is 0. The predicted molar refractivity (Wildman–Crippen MR) is 165 cm³/mol. The van der Waals surface area contributed by atoms with Gasteiger partial charge in [-0.15, -0.1) is 0 Å². The highest BCUT2D eigenvalue weighted by Crippen LogP contribution is 2.35. The van der Waals surface area contributed by atoms with Gasteiger partial charge in [0.1, 0.15) is 48.0 Å². The van der Waals surface area contributed by atoms with Crippen molar-refractivity contribution in [1.29, 1.82) is 0 Å². The maximum atomic E-state index is 14.8. The first kappa shape index (κ1) is 32.7. The minimum Gasteiger partial charge on any atom is -0.491 e. The topological polar surface area (TPSA) is 145 Å². The molecule has 0 amide bonds. The van der Waals surface area contributed by atoms with Crippen molar-refractivity contribution in [2.45, 2.75) is 0 Å². The van der Waals surface area contributed by atoms with Crippen LogP contribution in [0.5, 0.6) is 11.5 Å². The lowest BCUT2D eigenvalue weighted by Gasteiger charge is -2.09. The number of carboxylic acids is 1. The van der Waals surface area contributed by atoms with Gasteiger partial charge in [-0.05, 0) is 47.5 Å². The number of halogens is 4. The summed E-state index contributed by atoms with van der Waals surface area (Å²) in [6.45, 7) is -0.0177. The van der Waals surface area contributed by atoms with Gasteiger partial charge in [0.25, 0.3) is 0 Å². The second-order valence-corrected chi connectivity index (χ2v) is 10.0. The van der Waals surface area contributed by atoms with Crippen LogP contribution in [0.3, 0.4) is 0 Å². The lowest BCUT2D eigenvalue weighted by Crippen LogP contribution is -2.01. The largest absolute Gasteiger partial charge is 0.491 e. The summed E-state index contributed by atoms with van der Waals surface area (Å²) in [5, 5.41) is 26.4. The summed E-state index contributed by atoms with van der Waals surface area (Å²) in [4.78, 5) is 27.4. The predicted octanol–water partition coefficient (Wildman–Crippen LogP) is 6.48. The van der Waals surface area contributed by atoms with Crippen LogP contribution >= 0.6 is 0 Å². The lowest BCUT2D eigenvalue weighted by atomic mass is 10.0. The van der Waals surface area contributed by atoms with Crippen molar-refractivity contribution >= 4 is 34.1 Å². The number of fused-ring (bicyclic) bond motifs is 2. The highest BCUT2D eigenvalue weighted by Gasteiger charge is 2.22. The molecule has 47 heavy (non-hydrogen) atoms. The highest BCUT2D eigenvalue weighted by atomic mass is 19.1. The summed E-state index contributed by atoms with van der Waals surface area (Å²) in [7, 11) is 0. The van der Waals surface area contributed by atoms with Gasteiger partial charge in [-0.25, -0.2) is 22.4 Å². The number of aliphatic hydroxyl groups excluding tert-OH is 2. The van der Waals surface area contributed by atoms with Gasteiger partial charge >= 0.3 is 5.97 Å². The minimum absolute atomic E-state index is 0.0667. The van der Waals surface area contributed by atoms with Crippen molar-refractivity contribution in [3.8, 4) is 33.8 Å². The molecule has 0 saturated carbocycles. The fourth-order valence-corrected chi connectivity index (χ4v) is 5.01. The van der Waals surface area contributed by atoms with Crippen molar-refractivity contribution in [2.75, 3.05) is 26.4 Å². The first-order valence-electron chi connectivity index (χ1n) is 14.0. The number of hydrogen-bond donors (Lipinski definition) is 5. The summed E-state index contributed by atoms with van der Waals surface area (Å²) in [5.41, 5.74) is 0.264. The molecule has 0 saturated heterocycles. The average molecular weight is 651 g/mol. The number of nitrogens with one attached hydrogen (secondary N) is 2. The number of carboxylic acid groups (broad SMARTS) is 1. The molecule has 0 spiro atoms. The van der Waals surface area contributed by atoms with Crippen LogP contribution in [0.15, 0.2) is 73.1 Å². The van der Waals surface area contributed by atoms with E-state index in [4.69, 9.17) is 24.8 Å². The Labute approximate surface area is 263 Å². The summed E-state index contributed by atoms with van der Waals surface area (Å²) < 4.78 is 68.5. The Bertz CT molecular complexity index is 2060. The van der Waals surface area contributed by atoms with Gasteiger partial charge in [-0.1, -0.05) is 24.3 Å². The zero-order chi connectivity index (χ0) is 33.7. The Morgan fingerprint density at radius 3 is 1.60 bits per heavy atom. The van der Waals surface area contributed by atoms with E-state index in [9.17, 15) is 27.2 Å². The Hall–Kier alpha value is -5.66. The third-order valence-electron chi connectivity index (χ3n) is 7.11. The van der Waals surface area contributed by atoms with E-state index >= 15 is 0 Å². The maximum absolute atomic E-state index is 14.8. The third kappa shape index (κ3) is 6.66. The van der Waals surface area contributed by atoms with Crippen LogP contribution in [-0.2, 0) is 0 Å². The summed E-state index contributed by atoms with van der Waals surface area (Å²) in [6.07, 6.45) is 3.00. The molecular weight excluding hydrogens is 624 g/mol. The normalized spacial score (nSPS) is 10.9. The molecule has 0 bridgehead atoms. The molecule has 0 radical (unpaired) electrons. The molecule has 0 aliphatic rings. The molecule has 4 aromatic carbocycles. The van der Waals surface area contributed by atoms with Crippen molar-refractivity contribution < 1.29 is 51.9 Å². The van der Waals surface area contributed by atoms with Crippen molar-refractivity contribution in [2.24, 2.45) is 0 Å². The van der Waals surface area contributed by atoms with Gasteiger partial charge in [0.15, 0.2) is 6.29 Å². The summed E-state index contributed by atoms with van der Waals surface area (Å²) in [6, 6.07) is 14.4. The highest BCUT2D eigenvalue weighted by molar-refractivity contribution is 6.05. The van der Waals surface area contributed by atoms with Crippen LogP contribution in [0, 0.1) is 23.3 Å². The molecule has 0 aliphatic carbocycles. The molecule has 6 rings (SSSR count). The van der Waals surface area contributed by atoms with E-state index < -0.39 is 29.2 Å². The molecule has 0 unspecified atom stereocenters. The number of H-pyrrole nitrogens is 2. The first-order valence-corrected chi connectivity index (χ1v) is 14.0. The molecule has 13 heteroatoms.